The van der Waals surface area contributed by atoms with E-state index in [0.717, 1.165) is 38.5 Å². The molecule has 1 fully saturated rings. The second-order valence-electron chi connectivity index (χ2n) is 8.63. The fraction of sp³-hybridized carbons (Fsp3) is 0.895. The maximum atomic E-state index is 12.2. The zero-order valence-electron chi connectivity index (χ0n) is 16.4. The van der Waals surface area contributed by atoms with Crippen LogP contribution in [-0.4, -0.2) is 33.3 Å². The minimum absolute atomic E-state index is 0.128. The first-order valence-corrected chi connectivity index (χ1v) is 12.2. The average molecular weight is 357 g/mol. The third-order valence-electron chi connectivity index (χ3n) is 5.61. The topological polar surface area (TPSA) is 52.6 Å². The number of carbonyl (C=O) groups is 2. The zero-order chi connectivity index (χ0) is 18.4. The van der Waals surface area contributed by atoms with Crippen LogP contribution in [0.15, 0.2) is 0 Å². The van der Waals surface area contributed by atoms with Crippen LogP contribution in [0.5, 0.6) is 0 Å². The van der Waals surface area contributed by atoms with Gasteiger partial charge in [0.2, 0.25) is 0 Å². The molecule has 0 N–H and O–H groups in total. The van der Waals surface area contributed by atoms with E-state index in [1.54, 1.807) is 0 Å². The highest BCUT2D eigenvalue weighted by molar-refractivity contribution is 6.74. The molecule has 5 heteroatoms. The number of ether oxygens (including phenoxy) is 1. The highest BCUT2D eigenvalue weighted by Crippen LogP contribution is 2.40. The summed E-state index contributed by atoms with van der Waals surface area (Å²) in [6.45, 7) is 11.2. The molecule has 1 aliphatic carbocycles. The third kappa shape index (κ3) is 6.67. The fourth-order valence-corrected chi connectivity index (χ4v) is 4.37. The van der Waals surface area contributed by atoms with Crippen molar-refractivity contribution in [1.29, 1.82) is 0 Å². The van der Waals surface area contributed by atoms with Gasteiger partial charge in [-0.2, -0.15) is 0 Å². The smallest absolute Gasteiger partial charge is 0.305 e. The Bertz CT molecular complexity index is 426. The summed E-state index contributed by atoms with van der Waals surface area (Å²) >= 11 is 0. The minimum Gasteiger partial charge on any atom is -0.469 e. The van der Waals surface area contributed by atoms with Gasteiger partial charge in [-0.15, -0.1) is 0 Å². The Hall–Kier alpha value is -0.683. The lowest BCUT2D eigenvalue weighted by molar-refractivity contribution is -0.140. The minimum atomic E-state index is -1.79. The number of methoxy groups -OCH3 is 1. The Morgan fingerprint density at radius 1 is 1.17 bits per heavy atom. The molecule has 1 aliphatic rings. The third-order valence-corrected chi connectivity index (χ3v) is 10.1. The Morgan fingerprint density at radius 3 is 2.38 bits per heavy atom. The van der Waals surface area contributed by atoms with Gasteiger partial charge in [0.15, 0.2) is 8.32 Å². The summed E-state index contributed by atoms with van der Waals surface area (Å²) in [5.74, 6) is 0.431. The van der Waals surface area contributed by atoms with Gasteiger partial charge in [0, 0.05) is 18.8 Å². The molecule has 1 rings (SSSR count). The van der Waals surface area contributed by atoms with Crippen molar-refractivity contribution in [2.75, 3.05) is 7.11 Å². The molecule has 2 atom stereocenters. The maximum absolute atomic E-state index is 12.2. The van der Waals surface area contributed by atoms with E-state index in [9.17, 15) is 9.59 Å². The summed E-state index contributed by atoms with van der Waals surface area (Å²) in [6.07, 6.45) is 7.13. The van der Waals surface area contributed by atoms with Crippen LogP contribution in [0.25, 0.3) is 0 Å². The lowest BCUT2D eigenvalue weighted by atomic mass is 9.98. The van der Waals surface area contributed by atoms with E-state index in [4.69, 9.17) is 4.43 Å². The number of hydrogen-bond acceptors (Lipinski definition) is 4. The van der Waals surface area contributed by atoms with Gasteiger partial charge in [-0.25, -0.2) is 0 Å². The predicted molar refractivity (Wildman–Crippen MR) is 99.5 cm³/mol. The molecule has 2 unspecified atom stereocenters. The first-order valence-electron chi connectivity index (χ1n) is 9.34. The molecule has 0 spiro atoms. The monoisotopic (exact) mass is 356 g/mol. The largest absolute Gasteiger partial charge is 0.469 e. The molecular weight excluding hydrogens is 320 g/mol. The van der Waals surface area contributed by atoms with Crippen LogP contribution >= 0.6 is 0 Å². The predicted octanol–water partition coefficient (Wildman–Crippen LogP) is 4.87. The van der Waals surface area contributed by atoms with Gasteiger partial charge in [-0.3, -0.25) is 9.59 Å². The van der Waals surface area contributed by atoms with Crippen molar-refractivity contribution >= 4 is 20.1 Å². The Kier molecular flexibility index (Phi) is 8.13. The normalized spacial score (nSPS) is 22.0. The Labute approximate surface area is 148 Å². The first-order chi connectivity index (χ1) is 11.1. The van der Waals surface area contributed by atoms with Gasteiger partial charge in [-0.05, 0) is 37.4 Å². The SMILES string of the molecule is COC(=O)CCCCCCC1CC(O[Si](C)(C)C(C)(C)C)CC1=O. The van der Waals surface area contributed by atoms with Gasteiger partial charge in [0.1, 0.15) is 5.78 Å². The second kappa shape index (κ2) is 9.14. The zero-order valence-corrected chi connectivity index (χ0v) is 17.4. The van der Waals surface area contributed by atoms with Crippen molar-refractivity contribution < 1.29 is 18.8 Å². The fourth-order valence-electron chi connectivity index (χ4n) is 3.00. The Morgan fingerprint density at radius 2 is 1.79 bits per heavy atom. The molecule has 24 heavy (non-hydrogen) atoms. The molecule has 0 aromatic rings. The summed E-state index contributed by atoms with van der Waals surface area (Å²) in [6, 6.07) is 0. The van der Waals surface area contributed by atoms with Crippen molar-refractivity contribution in [3.63, 3.8) is 0 Å². The number of hydrogen-bond donors (Lipinski definition) is 0. The Balaban J connectivity index is 2.27. The lowest BCUT2D eigenvalue weighted by Gasteiger charge is -2.38. The highest BCUT2D eigenvalue weighted by atomic mass is 28.4. The van der Waals surface area contributed by atoms with Crippen LogP contribution in [0.2, 0.25) is 18.1 Å². The molecule has 140 valence electrons. The van der Waals surface area contributed by atoms with Crippen molar-refractivity contribution in [3.8, 4) is 0 Å². The van der Waals surface area contributed by atoms with E-state index in [1.165, 1.54) is 7.11 Å². The van der Waals surface area contributed by atoms with Crippen LogP contribution in [0.1, 0.15) is 72.1 Å². The summed E-state index contributed by atoms with van der Waals surface area (Å²) in [5, 5.41) is 0.188. The van der Waals surface area contributed by atoms with Gasteiger partial charge >= 0.3 is 5.97 Å². The molecule has 4 nitrogen and oxygen atoms in total. The number of carbonyl (C=O) groups excluding carboxylic acids is 2. The van der Waals surface area contributed by atoms with Crippen molar-refractivity contribution in [2.24, 2.45) is 5.92 Å². The van der Waals surface area contributed by atoms with E-state index >= 15 is 0 Å². The van der Waals surface area contributed by atoms with Gasteiger partial charge in [0.25, 0.3) is 0 Å². The number of unbranched alkanes of at least 4 members (excludes halogenated alkanes) is 3. The van der Waals surface area contributed by atoms with Crippen molar-refractivity contribution in [1.82, 2.24) is 0 Å². The van der Waals surface area contributed by atoms with E-state index in [-0.39, 0.29) is 23.0 Å². The van der Waals surface area contributed by atoms with Gasteiger partial charge < -0.3 is 9.16 Å². The summed E-state index contributed by atoms with van der Waals surface area (Å²) in [5.41, 5.74) is 0. The number of ketones is 1. The van der Waals surface area contributed by atoms with Crippen LogP contribution < -0.4 is 0 Å². The lowest BCUT2D eigenvalue weighted by Crippen LogP contribution is -2.43. The number of rotatable bonds is 9. The molecule has 0 aliphatic heterocycles. The van der Waals surface area contributed by atoms with Crippen LogP contribution in [0.4, 0.5) is 0 Å². The second-order valence-corrected chi connectivity index (χ2v) is 13.4. The molecule has 0 saturated heterocycles. The van der Waals surface area contributed by atoms with Gasteiger partial charge in [0.05, 0.1) is 13.2 Å². The van der Waals surface area contributed by atoms with Crippen LogP contribution in [0, 0.1) is 5.92 Å². The van der Waals surface area contributed by atoms with E-state index in [0.29, 0.717) is 18.6 Å². The molecule has 0 radical (unpaired) electrons. The average Bonchev–Trinajstić information content (AvgIpc) is 2.80. The van der Waals surface area contributed by atoms with E-state index in [1.807, 2.05) is 0 Å². The molecule has 0 aromatic carbocycles. The number of esters is 1. The van der Waals surface area contributed by atoms with Crippen molar-refractivity contribution in [3.05, 3.63) is 0 Å². The van der Waals surface area contributed by atoms with Gasteiger partial charge in [-0.1, -0.05) is 40.0 Å². The maximum Gasteiger partial charge on any atom is 0.305 e. The first kappa shape index (κ1) is 21.4. The molecule has 1 saturated carbocycles. The molecule has 0 heterocycles. The number of Topliss-reactive ketones (excluding diaryl/α,β-unsaturated/α-hetero) is 1. The standard InChI is InChI=1S/C19H36O4Si/c1-19(2,3)24(5,6)23-16-13-15(17(20)14-16)11-9-7-8-10-12-18(21)22-4/h15-16H,7-14H2,1-6H3. The van der Waals surface area contributed by atoms with Crippen LogP contribution in [0.3, 0.4) is 0 Å². The van der Waals surface area contributed by atoms with E-state index in [2.05, 4.69) is 38.6 Å². The van der Waals surface area contributed by atoms with Crippen LogP contribution in [-0.2, 0) is 18.8 Å². The quantitative estimate of drug-likeness (QED) is 0.336. The summed E-state index contributed by atoms with van der Waals surface area (Å²) < 4.78 is 11.0. The summed E-state index contributed by atoms with van der Waals surface area (Å²) in [7, 11) is -0.362. The summed E-state index contributed by atoms with van der Waals surface area (Å²) in [4.78, 5) is 23.3. The molecule has 0 bridgehead atoms. The van der Waals surface area contributed by atoms with E-state index < -0.39 is 8.32 Å². The highest BCUT2D eigenvalue weighted by Gasteiger charge is 2.42. The van der Waals surface area contributed by atoms with Crippen molar-refractivity contribution in [2.45, 2.75) is 96.4 Å². The molecular formula is C19H36O4Si. The molecule has 0 amide bonds. The molecule has 0 aromatic heterocycles.